The van der Waals surface area contributed by atoms with Gasteiger partial charge in [-0.25, -0.2) is 13.2 Å². The van der Waals surface area contributed by atoms with Gasteiger partial charge in [0.25, 0.3) is 0 Å². The normalized spacial score (nSPS) is 15.3. The molecule has 1 amide bonds. The van der Waals surface area contributed by atoms with Gasteiger partial charge in [-0.05, 0) is 62.3 Å². The molecular formula is C21H19F3N4O2. The zero-order valence-corrected chi connectivity index (χ0v) is 15.9. The highest BCUT2D eigenvalue weighted by Crippen LogP contribution is 2.23. The molecule has 0 spiro atoms. The molecule has 2 aromatic carbocycles. The Hall–Kier alpha value is -3.20. The van der Waals surface area contributed by atoms with Crippen molar-refractivity contribution in [1.29, 1.82) is 0 Å². The lowest BCUT2D eigenvalue weighted by atomic mass is 9.96. The Morgan fingerprint density at radius 2 is 1.77 bits per heavy atom. The molecule has 0 radical (unpaired) electrons. The Morgan fingerprint density at radius 3 is 2.47 bits per heavy atom. The molecule has 1 saturated heterocycles. The maximum absolute atomic E-state index is 13.7. The third kappa shape index (κ3) is 4.68. The Morgan fingerprint density at radius 1 is 1.07 bits per heavy atom. The lowest BCUT2D eigenvalue weighted by Crippen LogP contribution is -2.37. The van der Waals surface area contributed by atoms with Crippen molar-refractivity contribution < 1.29 is 22.5 Å². The number of hydrogen-bond acceptors (Lipinski definition) is 5. The third-order valence-corrected chi connectivity index (χ3v) is 5.08. The second kappa shape index (κ2) is 8.66. The number of nitrogens with one attached hydrogen (secondary N) is 1. The van der Waals surface area contributed by atoms with E-state index in [2.05, 4.69) is 20.4 Å². The van der Waals surface area contributed by atoms with Gasteiger partial charge in [-0.15, -0.1) is 0 Å². The number of hydrogen-bond donors (Lipinski definition) is 1. The number of nitrogens with zero attached hydrogens (tertiary/aromatic N) is 3. The highest BCUT2D eigenvalue weighted by Gasteiger charge is 2.26. The van der Waals surface area contributed by atoms with Gasteiger partial charge < -0.3 is 9.84 Å². The largest absolute Gasteiger partial charge is 0.338 e. The van der Waals surface area contributed by atoms with Crippen molar-refractivity contribution in [3.05, 3.63) is 65.8 Å². The van der Waals surface area contributed by atoms with Crippen molar-refractivity contribution in [3.63, 3.8) is 0 Å². The van der Waals surface area contributed by atoms with Crippen molar-refractivity contribution in [2.24, 2.45) is 5.92 Å². The van der Waals surface area contributed by atoms with E-state index < -0.39 is 11.6 Å². The molecule has 1 aromatic heterocycles. The van der Waals surface area contributed by atoms with Crippen LogP contribution in [-0.4, -0.2) is 34.0 Å². The second-order valence-electron chi connectivity index (χ2n) is 7.18. The van der Waals surface area contributed by atoms with Crippen LogP contribution in [0, 0.1) is 23.4 Å². The first kappa shape index (κ1) is 20.1. The summed E-state index contributed by atoms with van der Waals surface area (Å²) in [5, 5.41) is 6.45. The summed E-state index contributed by atoms with van der Waals surface area (Å²) in [6.45, 7) is 1.71. The Labute approximate surface area is 170 Å². The molecule has 0 bridgehead atoms. The molecule has 6 nitrogen and oxygen atoms in total. The average Bonchev–Trinajstić information content (AvgIpc) is 3.19. The number of likely N-dealkylation sites (tertiary alicyclic amines) is 1. The van der Waals surface area contributed by atoms with Crippen molar-refractivity contribution in [1.82, 2.24) is 15.0 Å². The molecule has 0 unspecified atom stereocenters. The minimum absolute atomic E-state index is 0.0250. The summed E-state index contributed by atoms with van der Waals surface area (Å²) < 4.78 is 45.0. The van der Waals surface area contributed by atoms with Crippen LogP contribution in [0.4, 0.5) is 18.9 Å². The number of carbonyl (C=O) groups excluding carboxylic acids is 1. The van der Waals surface area contributed by atoms with Crippen molar-refractivity contribution in [2.75, 3.05) is 18.4 Å². The van der Waals surface area contributed by atoms with Crippen LogP contribution < -0.4 is 5.32 Å². The van der Waals surface area contributed by atoms with Crippen LogP contribution in [0.5, 0.6) is 0 Å². The van der Waals surface area contributed by atoms with Crippen LogP contribution in [0.2, 0.25) is 0 Å². The highest BCUT2D eigenvalue weighted by molar-refractivity contribution is 5.92. The van der Waals surface area contributed by atoms with E-state index in [1.807, 2.05) is 0 Å². The van der Waals surface area contributed by atoms with Gasteiger partial charge in [0.1, 0.15) is 17.5 Å². The van der Waals surface area contributed by atoms with Gasteiger partial charge in [0.15, 0.2) is 0 Å². The molecule has 9 heteroatoms. The van der Waals surface area contributed by atoms with E-state index in [4.69, 9.17) is 4.52 Å². The zero-order chi connectivity index (χ0) is 21.1. The summed E-state index contributed by atoms with van der Waals surface area (Å²) in [5.41, 5.74) is 0.637. The zero-order valence-electron chi connectivity index (χ0n) is 15.9. The van der Waals surface area contributed by atoms with Crippen LogP contribution in [0.3, 0.4) is 0 Å². The summed E-state index contributed by atoms with van der Waals surface area (Å²) in [6, 6.07) is 8.88. The van der Waals surface area contributed by atoms with Crippen molar-refractivity contribution >= 4 is 11.6 Å². The minimum Gasteiger partial charge on any atom is -0.338 e. The number of anilines is 1. The van der Waals surface area contributed by atoms with Gasteiger partial charge in [0, 0.05) is 17.5 Å². The smallest absolute Gasteiger partial charge is 0.241 e. The summed E-state index contributed by atoms with van der Waals surface area (Å²) in [6.07, 6.45) is 1.18. The van der Waals surface area contributed by atoms with Crippen LogP contribution in [0.1, 0.15) is 18.7 Å². The van der Waals surface area contributed by atoms with Gasteiger partial charge >= 0.3 is 0 Å². The van der Waals surface area contributed by atoms with Gasteiger partial charge in [0.05, 0.1) is 12.2 Å². The molecule has 30 heavy (non-hydrogen) atoms. The molecule has 0 saturated carbocycles. The molecule has 4 rings (SSSR count). The Kier molecular flexibility index (Phi) is 5.80. The number of halogens is 3. The van der Waals surface area contributed by atoms with E-state index in [1.54, 1.807) is 12.1 Å². The van der Waals surface area contributed by atoms with Crippen molar-refractivity contribution in [3.8, 4) is 11.4 Å². The van der Waals surface area contributed by atoms with Crippen LogP contribution >= 0.6 is 0 Å². The fourth-order valence-electron chi connectivity index (χ4n) is 3.41. The number of piperidine rings is 1. The molecule has 0 atom stereocenters. The molecular weight excluding hydrogens is 397 g/mol. The molecule has 1 aliphatic heterocycles. The molecule has 2 heterocycles. The van der Waals surface area contributed by atoms with Gasteiger partial charge in [-0.2, -0.15) is 4.98 Å². The van der Waals surface area contributed by atoms with E-state index in [-0.39, 0.29) is 23.3 Å². The first-order valence-corrected chi connectivity index (χ1v) is 9.55. The second-order valence-corrected chi connectivity index (χ2v) is 7.18. The number of rotatable bonds is 5. The number of benzene rings is 2. The Balaban J connectivity index is 1.29. The first-order chi connectivity index (χ1) is 14.5. The number of amides is 1. The quantitative estimate of drug-likeness (QED) is 0.681. The monoisotopic (exact) mass is 416 g/mol. The summed E-state index contributed by atoms with van der Waals surface area (Å²) in [5.74, 6) is -1.54. The summed E-state index contributed by atoms with van der Waals surface area (Å²) in [7, 11) is 0. The van der Waals surface area contributed by atoms with Crippen LogP contribution in [-0.2, 0) is 11.3 Å². The topological polar surface area (TPSA) is 71.3 Å². The Bertz CT molecular complexity index is 1030. The number of aromatic nitrogens is 2. The molecule has 1 aliphatic rings. The van der Waals surface area contributed by atoms with E-state index >= 15 is 0 Å². The van der Waals surface area contributed by atoms with E-state index in [0.717, 1.165) is 12.1 Å². The van der Waals surface area contributed by atoms with Crippen LogP contribution in [0.25, 0.3) is 11.4 Å². The predicted molar refractivity (Wildman–Crippen MR) is 103 cm³/mol. The molecule has 1 fully saturated rings. The average molecular weight is 416 g/mol. The minimum atomic E-state index is -0.797. The van der Waals surface area contributed by atoms with Crippen molar-refractivity contribution in [2.45, 2.75) is 19.4 Å². The van der Waals surface area contributed by atoms with E-state index in [1.165, 1.54) is 18.2 Å². The maximum atomic E-state index is 13.7. The molecule has 3 aromatic rings. The first-order valence-electron chi connectivity index (χ1n) is 9.55. The van der Waals surface area contributed by atoms with E-state index in [9.17, 15) is 18.0 Å². The number of carbonyl (C=O) groups is 1. The standard InChI is InChI=1S/C21H19F3N4O2/c22-15-3-1-13(2-4-15)20-26-19(30-27-20)12-28-9-7-14(8-10-28)21(29)25-18-6-5-16(23)11-17(18)24/h1-6,11,14H,7-10,12H2,(H,25,29). The summed E-state index contributed by atoms with van der Waals surface area (Å²) >= 11 is 0. The fraction of sp³-hybridized carbons (Fsp3) is 0.286. The molecule has 1 N–H and O–H groups in total. The molecule has 0 aliphatic carbocycles. The lowest BCUT2D eigenvalue weighted by molar-refractivity contribution is -0.121. The summed E-state index contributed by atoms with van der Waals surface area (Å²) in [4.78, 5) is 18.8. The third-order valence-electron chi connectivity index (χ3n) is 5.08. The predicted octanol–water partition coefficient (Wildman–Crippen LogP) is 4.00. The van der Waals surface area contributed by atoms with Crippen LogP contribution in [0.15, 0.2) is 47.0 Å². The maximum Gasteiger partial charge on any atom is 0.241 e. The molecule has 156 valence electrons. The SMILES string of the molecule is O=C(Nc1ccc(F)cc1F)C1CCN(Cc2nc(-c3ccc(F)cc3)no2)CC1. The van der Waals surface area contributed by atoms with Gasteiger partial charge in [-0.1, -0.05) is 5.16 Å². The lowest BCUT2D eigenvalue weighted by Gasteiger charge is -2.30. The fourth-order valence-corrected chi connectivity index (χ4v) is 3.41. The highest BCUT2D eigenvalue weighted by atomic mass is 19.1. The van der Waals surface area contributed by atoms with E-state index in [0.29, 0.717) is 49.8 Å². The van der Waals surface area contributed by atoms with Gasteiger partial charge in [0.2, 0.25) is 17.6 Å². The van der Waals surface area contributed by atoms with Gasteiger partial charge in [-0.3, -0.25) is 9.69 Å².